The molecular weight excluding hydrogens is 343 g/mol. The van der Waals surface area contributed by atoms with Gasteiger partial charge in [0.05, 0.1) is 0 Å². The van der Waals surface area contributed by atoms with Gasteiger partial charge in [0.1, 0.15) is 5.82 Å². The van der Waals surface area contributed by atoms with Gasteiger partial charge < -0.3 is 15.1 Å². The number of piperazine rings is 1. The zero-order chi connectivity index (χ0) is 19.3. The van der Waals surface area contributed by atoms with Crippen LogP contribution >= 0.6 is 0 Å². The molecule has 1 saturated heterocycles. The average Bonchev–Trinajstić information content (AvgIpc) is 2.70. The van der Waals surface area contributed by atoms with E-state index < -0.39 is 0 Å². The van der Waals surface area contributed by atoms with Gasteiger partial charge in [0.25, 0.3) is 0 Å². The van der Waals surface area contributed by atoms with Gasteiger partial charge >= 0.3 is 0 Å². The largest absolute Gasteiger partial charge is 0.355 e. The zero-order valence-electron chi connectivity index (χ0n) is 16.2. The van der Waals surface area contributed by atoms with Crippen LogP contribution in [0.3, 0.4) is 0 Å². The summed E-state index contributed by atoms with van der Waals surface area (Å²) in [5.41, 5.74) is 0.361. The molecule has 1 aromatic carbocycles. The van der Waals surface area contributed by atoms with Gasteiger partial charge in [-0.3, -0.25) is 4.99 Å². The van der Waals surface area contributed by atoms with Gasteiger partial charge in [-0.2, -0.15) is 0 Å². The summed E-state index contributed by atoms with van der Waals surface area (Å²) in [6.45, 7) is 8.01. The van der Waals surface area contributed by atoms with Gasteiger partial charge in [0, 0.05) is 57.6 Å². The highest BCUT2D eigenvalue weighted by Gasteiger charge is 2.26. The lowest BCUT2D eigenvalue weighted by molar-refractivity contribution is 0.363. The average molecular weight is 370 g/mol. The van der Waals surface area contributed by atoms with Crippen molar-refractivity contribution in [3.63, 3.8) is 0 Å². The van der Waals surface area contributed by atoms with Gasteiger partial charge in [-0.25, -0.2) is 14.4 Å². The highest BCUT2D eigenvalue weighted by Crippen LogP contribution is 2.25. The molecule has 0 amide bonds. The summed E-state index contributed by atoms with van der Waals surface area (Å²) in [4.78, 5) is 17.4. The second kappa shape index (κ2) is 8.33. The van der Waals surface area contributed by atoms with Crippen molar-refractivity contribution in [3.8, 4) is 0 Å². The standard InChI is InChI=1S/C20H27FN6/c1-20(2,16-7-4-5-8-17(16)21)15-25-18(22-3)26-11-13-27(14-12-26)19-23-9-6-10-24-19/h4-10H,11-15H2,1-3H3,(H,22,25). The number of hydrogen-bond acceptors (Lipinski definition) is 4. The molecule has 1 aliphatic heterocycles. The second-order valence-corrected chi connectivity index (χ2v) is 7.29. The molecule has 0 aliphatic carbocycles. The maximum absolute atomic E-state index is 14.2. The second-order valence-electron chi connectivity index (χ2n) is 7.29. The third-order valence-corrected chi connectivity index (χ3v) is 4.92. The molecule has 1 fully saturated rings. The van der Waals surface area contributed by atoms with E-state index in [0.717, 1.165) is 38.1 Å². The van der Waals surface area contributed by atoms with Crippen molar-refractivity contribution in [3.05, 3.63) is 54.1 Å². The van der Waals surface area contributed by atoms with Crippen molar-refractivity contribution >= 4 is 11.9 Å². The van der Waals surface area contributed by atoms with Crippen molar-refractivity contribution in [1.29, 1.82) is 0 Å². The zero-order valence-corrected chi connectivity index (χ0v) is 16.2. The molecule has 0 saturated carbocycles. The van der Waals surface area contributed by atoms with Crippen LogP contribution in [-0.2, 0) is 5.41 Å². The van der Waals surface area contributed by atoms with E-state index in [-0.39, 0.29) is 11.2 Å². The van der Waals surface area contributed by atoms with Gasteiger partial charge in [-0.1, -0.05) is 32.0 Å². The van der Waals surface area contributed by atoms with Crippen molar-refractivity contribution < 1.29 is 4.39 Å². The molecule has 1 aromatic heterocycles. The fraction of sp³-hybridized carbons (Fsp3) is 0.450. The monoisotopic (exact) mass is 370 g/mol. The quantitative estimate of drug-likeness (QED) is 0.661. The SMILES string of the molecule is CN=C(NCC(C)(C)c1ccccc1F)N1CCN(c2ncccn2)CC1. The Morgan fingerprint density at radius 1 is 1.11 bits per heavy atom. The molecule has 2 heterocycles. The molecule has 3 rings (SSSR count). The molecule has 0 atom stereocenters. The van der Waals surface area contributed by atoms with Crippen LogP contribution in [0.15, 0.2) is 47.7 Å². The number of benzene rings is 1. The lowest BCUT2D eigenvalue weighted by atomic mass is 9.84. The van der Waals surface area contributed by atoms with E-state index in [1.807, 2.05) is 32.0 Å². The Kier molecular flexibility index (Phi) is 5.88. The topological polar surface area (TPSA) is 56.7 Å². The summed E-state index contributed by atoms with van der Waals surface area (Å²) in [5, 5.41) is 3.42. The van der Waals surface area contributed by atoms with Crippen molar-refractivity contribution in [2.45, 2.75) is 19.3 Å². The molecule has 1 N–H and O–H groups in total. The molecule has 7 heteroatoms. The number of rotatable bonds is 4. The maximum Gasteiger partial charge on any atom is 0.225 e. The first-order chi connectivity index (χ1) is 13.0. The van der Waals surface area contributed by atoms with Crippen molar-refractivity contribution in [1.82, 2.24) is 20.2 Å². The number of aliphatic imine (C=N–C) groups is 1. The Morgan fingerprint density at radius 3 is 2.41 bits per heavy atom. The Balaban J connectivity index is 1.58. The van der Waals surface area contributed by atoms with Crippen LogP contribution in [0, 0.1) is 5.82 Å². The van der Waals surface area contributed by atoms with E-state index in [0.29, 0.717) is 12.1 Å². The first-order valence-electron chi connectivity index (χ1n) is 9.24. The molecule has 6 nitrogen and oxygen atoms in total. The Bertz CT molecular complexity index is 769. The van der Waals surface area contributed by atoms with Gasteiger partial charge in [0.2, 0.25) is 5.95 Å². The third kappa shape index (κ3) is 4.53. The molecule has 0 bridgehead atoms. The molecule has 144 valence electrons. The molecule has 0 radical (unpaired) electrons. The van der Waals surface area contributed by atoms with E-state index in [1.54, 1.807) is 25.5 Å². The maximum atomic E-state index is 14.2. The molecule has 27 heavy (non-hydrogen) atoms. The number of halogens is 1. The Labute approximate surface area is 160 Å². The molecule has 0 spiro atoms. The summed E-state index contributed by atoms with van der Waals surface area (Å²) in [5.74, 6) is 1.43. The molecule has 2 aromatic rings. The number of guanidine groups is 1. The van der Waals surface area contributed by atoms with Gasteiger partial charge in [-0.15, -0.1) is 0 Å². The smallest absolute Gasteiger partial charge is 0.225 e. The minimum absolute atomic E-state index is 0.171. The number of nitrogens with zero attached hydrogens (tertiary/aromatic N) is 5. The fourth-order valence-corrected chi connectivity index (χ4v) is 3.31. The normalized spacial score (nSPS) is 15.8. The lowest BCUT2D eigenvalue weighted by Gasteiger charge is -2.37. The van der Waals surface area contributed by atoms with Crippen molar-refractivity contribution in [2.75, 3.05) is 44.7 Å². The first kappa shape index (κ1) is 19.1. The fourth-order valence-electron chi connectivity index (χ4n) is 3.31. The number of hydrogen-bond donors (Lipinski definition) is 1. The lowest BCUT2D eigenvalue weighted by Crippen LogP contribution is -2.54. The van der Waals surface area contributed by atoms with Crippen LogP contribution < -0.4 is 10.2 Å². The summed E-state index contributed by atoms with van der Waals surface area (Å²) >= 11 is 0. The van der Waals surface area contributed by atoms with Crippen LogP contribution in [0.25, 0.3) is 0 Å². The van der Waals surface area contributed by atoms with Gasteiger partial charge in [-0.05, 0) is 17.7 Å². The number of nitrogens with one attached hydrogen (secondary N) is 1. The Morgan fingerprint density at radius 2 is 1.78 bits per heavy atom. The summed E-state index contributed by atoms with van der Waals surface area (Å²) < 4.78 is 14.2. The molecule has 1 aliphatic rings. The van der Waals surface area contributed by atoms with Crippen LogP contribution in [0.1, 0.15) is 19.4 Å². The molecule has 0 unspecified atom stereocenters. The Hall–Kier alpha value is -2.70. The molecular formula is C20H27FN6. The number of aromatic nitrogens is 2. The van der Waals surface area contributed by atoms with Gasteiger partial charge in [0.15, 0.2) is 5.96 Å². The van der Waals surface area contributed by atoms with Crippen molar-refractivity contribution in [2.24, 2.45) is 4.99 Å². The van der Waals surface area contributed by atoms with Crippen LogP contribution in [-0.4, -0.2) is 60.6 Å². The summed E-state index contributed by atoms with van der Waals surface area (Å²) in [6.07, 6.45) is 3.53. The van der Waals surface area contributed by atoms with Crippen LogP contribution in [0.4, 0.5) is 10.3 Å². The highest BCUT2D eigenvalue weighted by molar-refractivity contribution is 5.80. The highest BCUT2D eigenvalue weighted by atomic mass is 19.1. The number of anilines is 1. The predicted octanol–water partition coefficient (Wildman–Crippen LogP) is 2.29. The predicted molar refractivity (Wildman–Crippen MR) is 107 cm³/mol. The van der Waals surface area contributed by atoms with E-state index >= 15 is 0 Å². The van der Waals surface area contributed by atoms with Crippen LogP contribution in [0.2, 0.25) is 0 Å². The minimum atomic E-state index is -0.346. The third-order valence-electron chi connectivity index (χ3n) is 4.92. The summed E-state index contributed by atoms with van der Waals surface area (Å²) in [6, 6.07) is 8.77. The van der Waals surface area contributed by atoms with Crippen LogP contribution in [0.5, 0.6) is 0 Å². The van der Waals surface area contributed by atoms with E-state index in [4.69, 9.17) is 0 Å². The summed E-state index contributed by atoms with van der Waals surface area (Å²) in [7, 11) is 1.78. The van der Waals surface area contributed by atoms with E-state index in [1.165, 1.54) is 6.07 Å². The first-order valence-corrected chi connectivity index (χ1v) is 9.24. The minimum Gasteiger partial charge on any atom is -0.355 e. The van der Waals surface area contributed by atoms with E-state index in [9.17, 15) is 4.39 Å². The van der Waals surface area contributed by atoms with E-state index in [2.05, 4.69) is 30.1 Å².